The molecule has 0 amide bonds. The Balaban J connectivity index is 2.27. The highest BCUT2D eigenvalue weighted by molar-refractivity contribution is 5.75. The van der Waals surface area contributed by atoms with E-state index in [-0.39, 0.29) is 6.10 Å². The summed E-state index contributed by atoms with van der Waals surface area (Å²) in [6.45, 7) is 6.00. The van der Waals surface area contributed by atoms with Gasteiger partial charge in [-0.1, -0.05) is 12.2 Å². The van der Waals surface area contributed by atoms with E-state index in [0.29, 0.717) is 32.3 Å². The minimum absolute atomic E-state index is 0.0162. The minimum Gasteiger partial charge on any atom is -0.456 e. The number of hydrogen-bond donors (Lipinski definition) is 0. The number of alkyl halides is 3. The number of ether oxygens (including phenoxy) is 2. The van der Waals surface area contributed by atoms with Gasteiger partial charge in [0, 0.05) is 0 Å². The fourth-order valence-electron chi connectivity index (χ4n) is 1.80. The predicted octanol–water partition coefficient (Wildman–Crippen LogP) is 3.00. The molecule has 0 saturated heterocycles. The Kier molecular flexibility index (Phi) is 5.19. The van der Waals surface area contributed by atoms with Gasteiger partial charge in [-0.05, 0) is 32.6 Å². The van der Waals surface area contributed by atoms with Crippen molar-refractivity contribution in [2.45, 2.75) is 51.0 Å². The van der Waals surface area contributed by atoms with Crippen molar-refractivity contribution in [3.05, 3.63) is 12.2 Å². The third kappa shape index (κ3) is 5.08. The van der Waals surface area contributed by atoms with Crippen LogP contribution in [0, 0.1) is 0 Å². The molecule has 18 heavy (non-hydrogen) atoms. The Morgan fingerprint density at radius 1 is 1.22 bits per heavy atom. The second-order valence-corrected chi connectivity index (χ2v) is 4.57. The van der Waals surface area contributed by atoms with Gasteiger partial charge in [0.1, 0.15) is 6.10 Å². The van der Waals surface area contributed by atoms with Crippen LogP contribution in [0.25, 0.3) is 0 Å². The van der Waals surface area contributed by atoms with Gasteiger partial charge in [0.05, 0.1) is 12.7 Å². The zero-order chi connectivity index (χ0) is 13.8. The van der Waals surface area contributed by atoms with E-state index in [4.69, 9.17) is 4.74 Å². The molecule has 0 N–H and O–H groups in total. The van der Waals surface area contributed by atoms with E-state index in [0.717, 1.165) is 5.57 Å². The Hall–Kier alpha value is -1.04. The van der Waals surface area contributed by atoms with Crippen molar-refractivity contribution in [3.8, 4) is 0 Å². The third-order valence-electron chi connectivity index (χ3n) is 2.69. The molecule has 0 heterocycles. The number of halogens is 3. The topological polar surface area (TPSA) is 35.5 Å². The first kappa shape index (κ1) is 15.0. The second kappa shape index (κ2) is 6.22. The van der Waals surface area contributed by atoms with Crippen molar-refractivity contribution in [2.24, 2.45) is 0 Å². The van der Waals surface area contributed by atoms with Gasteiger partial charge in [0.2, 0.25) is 0 Å². The van der Waals surface area contributed by atoms with E-state index in [9.17, 15) is 18.0 Å². The summed E-state index contributed by atoms with van der Waals surface area (Å²) in [6, 6.07) is 0. The van der Waals surface area contributed by atoms with Crippen LogP contribution in [-0.2, 0) is 14.3 Å². The van der Waals surface area contributed by atoms with Crippen LogP contribution in [0.3, 0.4) is 0 Å². The number of carbonyl (C=O) groups is 1. The fraction of sp³-hybridized carbons (Fsp3) is 0.750. The zero-order valence-electron chi connectivity index (χ0n) is 10.3. The molecular weight excluding hydrogens is 249 g/mol. The lowest BCUT2D eigenvalue weighted by Crippen LogP contribution is -2.33. The van der Waals surface area contributed by atoms with Crippen LogP contribution >= 0.6 is 0 Å². The molecule has 1 rings (SSSR count). The molecule has 1 saturated carbocycles. The van der Waals surface area contributed by atoms with Crippen molar-refractivity contribution < 1.29 is 27.4 Å². The van der Waals surface area contributed by atoms with Crippen molar-refractivity contribution in [3.63, 3.8) is 0 Å². The number of hydrogen-bond acceptors (Lipinski definition) is 3. The van der Waals surface area contributed by atoms with Crippen LogP contribution in [0.2, 0.25) is 0 Å². The van der Waals surface area contributed by atoms with Gasteiger partial charge in [-0.25, -0.2) is 4.79 Å². The van der Waals surface area contributed by atoms with Gasteiger partial charge in [-0.2, -0.15) is 13.2 Å². The maximum atomic E-state index is 12.0. The van der Waals surface area contributed by atoms with Gasteiger partial charge >= 0.3 is 12.1 Å². The first-order valence-corrected chi connectivity index (χ1v) is 5.83. The molecular formula is C12H17F3O3. The molecule has 1 fully saturated rings. The lowest BCUT2D eigenvalue weighted by molar-refractivity contribution is -0.206. The SMILES string of the molecule is C=C(C)COC1CCC(OC(=O)C(F)(F)F)CC1. The molecule has 1 aliphatic rings. The highest BCUT2D eigenvalue weighted by Gasteiger charge is 2.42. The molecule has 1 aliphatic carbocycles. The average molecular weight is 266 g/mol. The van der Waals surface area contributed by atoms with Crippen LogP contribution in [0.4, 0.5) is 13.2 Å². The van der Waals surface area contributed by atoms with Gasteiger partial charge in [0.15, 0.2) is 0 Å². The normalized spacial score (nSPS) is 24.7. The molecule has 0 radical (unpaired) electrons. The summed E-state index contributed by atoms with van der Waals surface area (Å²) < 4.78 is 45.8. The Labute approximate surface area is 104 Å². The summed E-state index contributed by atoms with van der Waals surface area (Å²) in [6.07, 6.45) is -3.53. The summed E-state index contributed by atoms with van der Waals surface area (Å²) in [5, 5.41) is 0. The minimum atomic E-state index is -4.91. The van der Waals surface area contributed by atoms with Crippen LogP contribution < -0.4 is 0 Å². The number of rotatable bonds is 4. The summed E-state index contributed by atoms with van der Waals surface area (Å²) in [5.41, 5.74) is 0.903. The van der Waals surface area contributed by atoms with Gasteiger partial charge in [-0.15, -0.1) is 0 Å². The molecule has 104 valence electrons. The summed E-state index contributed by atoms with van der Waals surface area (Å²) in [5.74, 6) is -2.10. The van der Waals surface area contributed by atoms with Crippen molar-refractivity contribution >= 4 is 5.97 Å². The molecule has 0 aliphatic heterocycles. The first-order chi connectivity index (χ1) is 8.29. The Bertz CT molecular complexity index is 304. The van der Waals surface area contributed by atoms with E-state index in [1.165, 1.54) is 0 Å². The summed E-state index contributed by atoms with van der Waals surface area (Å²) >= 11 is 0. The highest BCUT2D eigenvalue weighted by Crippen LogP contribution is 2.26. The summed E-state index contributed by atoms with van der Waals surface area (Å²) in [7, 11) is 0. The lowest BCUT2D eigenvalue weighted by atomic mass is 9.95. The molecule has 0 bridgehead atoms. The molecule has 0 unspecified atom stereocenters. The number of carbonyl (C=O) groups excluding carboxylic acids is 1. The third-order valence-corrected chi connectivity index (χ3v) is 2.69. The molecule has 6 heteroatoms. The molecule has 3 nitrogen and oxygen atoms in total. The van der Waals surface area contributed by atoms with E-state index in [2.05, 4.69) is 11.3 Å². The molecule has 0 spiro atoms. The maximum Gasteiger partial charge on any atom is 0.490 e. The standard InChI is InChI=1S/C12H17F3O3/c1-8(2)7-17-9-3-5-10(6-4-9)18-11(16)12(13,14)15/h9-10H,1,3-7H2,2H3. The zero-order valence-corrected chi connectivity index (χ0v) is 10.3. The van der Waals surface area contributed by atoms with Crippen molar-refractivity contribution in [1.82, 2.24) is 0 Å². The predicted molar refractivity (Wildman–Crippen MR) is 59.0 cm³/mol. The van der Waals surface area contributed by atoms with E-state index in [1.54, 1.807) is 0 Å². The maximum absolute atomic E-state index is 12.0. The van der Waals surface area contributed by atoms with E-state index in [1.807, 2.05) is 6.92 Å². The fourth-order valence-corrected chi connectivity index (χ4v) is 1.80. The van der Waals surface area contributed by atoms with Crippen molar-refractivity contribution in [2.75, 3.05) is 6.61 Å². The van der Waals surface area contributed by atoms with E-state index >= 15 is 0 Å². The monoisotopic (exact) mass is 266 g/mol. The molecule has 0 aromatic rings. The van der Waals surface area contributed by atoms with Gasteiger partial charge in [-0.3, -0.25) is 0 Å². The Morgan fingerprint density at radius 2 is 1.72 bits per heavy atom. The van der Waals surface area contributed by atoms with Crippen molar-refractivity contribution in [1.29, 1.82) is 0 Å². The Morgan fingerprint density at radius 3 is 2.17 bits per heavy atom. The molecule has 0 atom stereocenters. The van der Waals surface area contributed by atoms with Crippen LogP contribution in [0.1, 0.15) is 32.6 Å². The molecule has 0 aromatic carbocycles. The van der Waals surface area contributed by atoms with E-state index < -0.39 is 18.2 Å². The highest BCUT2D eigenvalue weighted by atomic mass is 19.4. The average Bonchev–Trinajstić information content (AvgIpc) is 2.26. The van der Waals surface area contributed by atoms with Gasteiger partial charge in [0.25, 0.3) is 0 Å². The van der Waals surface area contributed by atoms with Gasteiger partial charge < -0.3 is 9.47 Å². The first-order valence-electron chi connectivity index (χ1n) is 5.83. The number of esters is 1. The van der Waals surface area contributed by atoms with Crippen LogP contribution in [-0.4, -0.2) is 31.0 Å². The molecule has 0 aromatic heterocycles. The summed E-state index contributed by atoms with van der Waals surface area (Å²) in [4.78, 5) is 10.6. The lowest BCUT2D eigenvalue weighted by Gasteiger charge is -2.28. The smallest absolute Gasteiger partial charge is 0.456 e. The van der Waals surface area contributed by atoms with Crippen LogP contribution in [0.5, 0.6) is 0 Å². The van der Waals surface area contributed by atoms with Crippen LogP contribution in [0.15, 0.2) is 12.2 Å². The quantitative estimate of drug-likeness (QED) is 0.579. The largest absolute Gasteiger partial charge is 0.490 e. The second-order valence-electron chi connectivity index (χ2n) is 4.57.